The Labute approximate surface area is 127 Å². The third kappa shape index (κ3) is 2.82. The fraction of sp³-hybridized carbons (Fsp3) is 0.143. The zero-order valence-electron chi connectivity index (χ0n) is 10.9. The lowest BCUT2D eigenvalue weighted by Gasteiger charge is -2.10. The van der Waals surface area contributed by atoms with Gasteiger partial charge in [-0.25, -0.2) is 12.8 Å². The molecule has 4 nitrogen and oxygen atoms in total. The van der Waals surface area contributed by atoms with Crippen molar-refractivity contribution in [2.24, 2.45) is 0 Å². The Morgan fingerprint density at radius 2 is 2.00 bits per heavy atom. The van der Waals surface area contributed by atoms with Gasteiger partial charge >= 0.3 is 0 Å². The fourth-order valence-corrected chi connectivity index (χ4v) is 3.50. The highest BCUT2D eigenvalue weighted by Crippen LogP contribution is 2.27. The van der Waals surface area contributed by atoms with Gasteiger partial charge in [-0.15, -0.1) is 0 Å². The van der Waals surface area contributed by atoms with Gasteiger partial charge in [-0.1, -0.05) is 11.6 Å². The van der Waals surface area contributed by atoms with E-state index in [1.54, 1.807) is 12.1 Å². The summed E-state index contributed by atoms with van der Waals surface area (Å²) in [6, 6.07) is 8.60. The van der Waals surface area contributed by atoms with Gasteiger partial charge in [0.05, 0.1) is 10.6 Å². The Kier molecular flexibility index (Phi) is 3.51. The van der Waals surface area contributed by atoms with Crippen molar-refractivity contribution in [1.29, 1.82) is 0 Å². The standard InChI is InChI=1S/C14H12ClFN2O2S/c15-10-1-3-14(12(16)8-10)18-21(19,20)11-2-4-13-9(7-11)5-6-17-13/h1-4,7-8,17-18H,5-6H2. The molecule has 2 aromatic carbocycles. The van der Waals surface area contributed by atoms with Crippen LogP contribution < -0.4 is 10.0 Å². The lowest BCUT2D eigenvalue weighted by Crippen LogP contribution is -2.14. The first-order chi connectivity index (χ1) is 9.95. The summed E-state index contributed by atoms with van der Waals surface area (Å²) in [4.78, 5) is 0.110. The van der Waals surface area contributed by atoms with Crippen LogP contribution in [-0.4, -0.2) is 15.0 Å². The molecular weight excluding hydrogens is 315 g/mol. The maximum atomic E-state index is 13.7. The minimum absolute atomic E-state index is 0.110. The summed E-state index contributed by atoms with van der Waals surface area (Å²) in [5.41, 5.74) is 1.75. The van der Waals surface area contributed by atoms with Crippen LogP contribution in [0.5, 0.6) is 0 Å². The number of fused-ring (bicyclic) bond motifs is 1. The third-order valence-electron chi connectivity index (χ3n) is 3.27. The molecule has 0 saturated heterocycles. The van der Waals surface area contributed by atoms with Crippen molar-refractivity contribution in [3.05, 3.63) is 52.8 Å². The molecule has 0 atom stereocenters. The zero-order valence-corrected chi connectivity index (χ0v) is 12.4. The van der Waals surface area contributed by atoms with Gasteiger partial charge in [-0.2, -0.15) is 0 Å². The summed E-state index contributed by atoms with van der Waals surface area (Å²) in [6.45, 7) is 0.790. The van der Waals surface area contributed by atoms with Gasteiger partial charge in [0.2, 0.25) is 0 Å². The molecule has 1 aliphatic heterocycles. The van der Waals surface area contributed by atoms with Crippen molar-refractivity contribution in [3.63, 3.8) is 0 Å². The molecule has 0 unspecified atom stereocenters. The normalized spacial score (nSPS) is 13.6. The summed E-state index contributed by atoms with van der Waals surface area (Å²) in [6.07, 6.45) is 0.772. The minimum atomic E-state index is -3.83. The molecule has 2 N–H and O–H groups in total. The van der Waals surface area contributed by atoms with E-state index in [-0.39, 0.29) is 15.6 Å². The van der Waals surface area contributed by atoms with E-state index < -0.39 is 15.8 Å². The highest BCUT2D eigenvalue weighted by atomic mass is 35.5. The van der Waals surface area contributed by atoms with Crippen LogP contribution in [0.15, 0.2) is 41.3 Å². The van der Waals surface area contributed by atoms with E-state index in [1.165, 1.54) is 18.2 Å². The van der Waals surface area contributed by atoms with Crippen LogP contribution >= 0.6 is 11.6 Å². The number of hydrogen-bond donors (Lipinski definition) is 2. The van der Waals surface area contributed by atoms with E-state index in [9.17, 15) is 12.8 Å². The van der Waals surface area contributed by atoms with Crippen molar-refractivity contribution in [3.8, 4) is 0 Å². The van der Waals surface area contributed by atoms with Gasteiger partial charge < -0.3 is 5.32 Å². The number of rotatable bonds is 3. The molecule has 0 spiro atoms. The van der Waals surface area contributed by atoms with Crippen LogP contribution in [0.2, 0.25) is 5.02 Å². The highest BCUT2D eigenvalue weighted by Gasteiger charge is 2.19. The van der Waals surface area contributed by atoms with Gasteiger partial charge in [-0.05, 0) is 48.4 Å². The summed E-state index contributed by atoms with van der Waals surface area (Å²) in [5.74, 6) is -0.714. The number of halogens is 2. The second-order valence-electron chi connectivity index (χ2n) is 4.73. The maximum Gasteiger partial charge on any atom is 0.261 e. The molecule has 0 bridgehead atoms. The second-order valence-corrected chi connectivity index (χ2v) is 6.84. The van der Waals surface area contributed by atoms with E-state index in [1.807, 2.05) is 0 Å². The molecule has 1 heterocycles. The summed E-state index contributed by atoms with van der Waals surface area (Å²) in [7, 11) is -3.83. The molecule has 0 aromatic heterocycles. The molecule has 0 saturated carbocycles. The van der Waals surface area contributed by atoms with E-state index in [2.05, 4.69) is 10.0 Å². The molecule has 0 amide bonds. The van der Waals surface area contributed by atoms with Crippen molar-refractivity contribution in [1.82, 2.24) is 0 Å². The molecule has 0 radical (unpaired) electrons. The van der Waals surface area contributed by atoms with Crippen molar-refractivity contribution < 1.29 is 12.8 Å². The smallest absolute Gasteiger partial charge is 0.261 e. The van der Waals surface area contributed by atoms with Gasteiger partial charge in [0, 0.05) is 17.3 Å². The van der Waals surface area contributed by atoms with Crippen molar-refractivity contribution in [2.75, 3.05) is 16.6 Å². The first-order valence-corrected chi connectivity index (χ1v) is 8.16. The Balaban J connectivity index is 1.93. The fourth-order valence-electron chi connectivity index (χ4n) is 2.22. The van der Waals surface area contributed by atoms with E-state index >= 15 is 0 Å². The monoisotopic (exact) mass is 326 g/mol. The van der Waals surface area contributed by atoms with E-state index in [4.69, 9.17) is 11.6 Å². The van der Waals surface area contributed by atoms with Gasteiger partial charge in [0.15, 0.2) is 0 Å². The van der Waals surface area contributed by atoms with Crippen molar-refractivity contribution >= 4 is 33.0 Å². The number of sulfonamides is 1. The lowest BCUT2D eigenvalue weighted by molar-refractivity contribution is 0.598. The summed E-state index contributed by atoms with van der Waals surface area (Å²) >= 11 is 5.64. The average molecular weight is 327 g/mol. The number of anilines is 2. The molecular formula is C14H12ClFN2O2S. The highest BCUT2D eigenvalue weighted by molar-refractivity contribution is 7.92. The molecule has 110 valence electrons. The average Bonchev–Trinajstić information content (AvgIpc) is 2.89. The van der Waals surface area contributed by atoms with Gasteiger partial charge in [0.1, 0.15) is 5.82 Å². The maximum absolute atomic E-state index is 13.7. The Morgan fingerprint density at radius 3 is 2.76 bits per heavy atom. The Bertz CT molecular complexity index is 809. The number of nitrogens with one attached hydrogen (secondary N) is 2. The second kappa shape index (κ2) is 5.20. The Hall–Kier alpha value is -1.79. The summed E-state index contributed by atoms with van der Waals surface area (Å²) in [5, 5.41) is 3.36. The topological polar surface area (TPSA) is 58.2 Å². The van der Waals surface area contributed by atoms with E-state index in [0.717, 1.165) is 30.3 Å². The molecule has 0 aliphatic carbocycles. The molecule has 0 fully saturated rings. The first-order valence-electron chi connectivity index (χ1n) is 6.30. The molecule has 2 aromatic rings. The van der Waals surface area contributed by atoms with Gasteiger partial charge in [-0.3, -0.25) is 4.72 Å². The Morgan fingerprint density at radius 1 is 1.19 bits per heavy atom. The van der Waals surface area contributed by atoms with Crippen LogP contribution in [0, 0.1) is 5.82 Å². The van der Waals surface area contributed by atoms with Crippen LogP contribution in [0.3, 0.4) is 0 Å². The summed E-state index contributed by atoms with van der Waals surface area (Å²) < 4.78 is 40.5. The third-order valence-corrected chi connectivity index (χ3v) is 4.87. The SMILES string of the molecule is O=S(=O)(Nc1ccc(Cl)cc1F)c1ccc2c(c1)CCN2. The largest absolute Gasteiger partial charge is 0.384 e. The zero-order chi connectivity index (χ0) is 15.0. The predicted octanol–water partition coefficient (Wildman–Crippen LogP) is 3.25. The molecule has 3 rings (SSSR count). The number of hydrogen-bond acceptors (Lipinski definition) is 3. The lowest BCUT2D eigenvalue weighted by atomic mass is 10.2. The minimum Gasteiger partial charge on any atom is -0.384 e. The van der Waals surface area contributed by atoms with Crippen LogP contribution in [-0.2, 0) is 16.4 Å². The first kappa shape index (κ1) is 14.2. The van der Waals surface area contributed by atoms with Gasteiger partial charge in [0.25, 0.3) is 10.0 Å². The molecule has 1 aliphatic rings. The van der Waals surface area contributed by atoms with Crippen LogP contribution in [0.1, 0.15) is 5.56 Å². The number of benzene rings is 2. The quantitative estimate of drug-likeness (QED) is 0.910. The van der Waals surface area contributed by atoms with Crippen LogP contribution in [0.4, 0.5) is 15.8 Å². The molecule has 21 heavy (non-hydrogen) atoms. The molecule has 7 heteroatoms. The predicted molar refractivity (Wildman–Crippen MR) is 80.9 cm³/mol. The van der Waals surface area contributed by atoms with E-state index in [0.29, 0.717) is 0 Å². The van der Waals surface area contributed by atoms with Crippen LogP contribution in [0.25, 0.3) is 0 Å². The van der Waals surface area contributed by atoms with Crippen molar-refractivity contribution in [2.45, 2.75) is 11.3 Å².